The lowest BCUT2D eigenvalue weighted by Gasteiger charge is -2.60. The average Bonchev–Trinajstić information content (AvgIpc) is 2.88. The number of aryl methyl sites for hydroxylation is 1. The molecule has 1 N–H and O–H groups in total. The fourth-order valence-corrected chi connectivity index (χ4v) is 6.37. The van der Waals surface area contributed by atoms with Crippen molar-refractivity contribution in [3.63, 3.8) is 0 Å². The number of aliphatic hydroxyl groups is 1. The standard InChI is InChI=1S/C18H23NO/c20-18(16-4-3-13-2-1-5-19-17(13)16)14-7-11-6-12(9-14)10-15(18)8-11/h1-2,5,11-12,14-16,20H,3-4,6-10H2. The summed E-state index contributed by atoms with van der Waals surface area (Å²) in [5, 5.41) is 11.7. The molecule has 4 fully saturated rings. The van der Waals surface area contributed by atoms with Crippen LogP contribution in [0.4, 0.5) is 0 Å². The summed E-state index contributed by atoms with van der Waals surface area (Å²) < 4.78 is 0. The maximum atomic E-state index is 11.7. The molecule has 4 bridgehead atoms. The van der Waals surface area contributed by atoms with Crippen molar-refractivity contribution < 1.29 is 5.11 Å². The molecule has 4 saturated carbocycles. The number of nitrogens with zero attached hydrogens (tertiary/aromatic N) is 1. The van der Waals surface area contributed by atoms with E-state index in [9.17, 15) is 5.11 Å². The van der Waals surface area contributed by atoms with Gasteiger partial charge in [-0.1, -0.05) is 6.07 Å². The fraction of sp³-hybridized carbons (Fsp3) is 0.722. The molecule has 0 spiro atoms. The zero-order chi connectivity index (χ0) is 13.3. The lowest BCUT2D eigenvalue weighted by atomic mass is 9.47. The van der Waals surface area contributed by atoms with Crippen LogP contribution in [0.2, 0.25) is 0 Å². The minimum Gasteiger partial charge on any atom is -0.389 e. The molecule has 5 aliphatic carbocycles. The Bertz CT molecular complexity index is 524. The van der Waals surface area contributed by atoms with E-state index in [0.29, 0.717) is 17.8 Å². The molecule has 1 heterocycles. The molecule has 0 amide bonds. The third-order valence-corrected chi connectivity index (χ3v) is 6.96. The SMILES string of the molecule is OC1(C2CCc3cccnc32)C2CC3CC(C2)CC1C3. The van der Waals surface area contributed by atoms with Gasteiger partial charge in [0.2, 0.25) is 0 Å². The molecule has 106 valence electrons. The van der Waals surface area contributed by atoms with E-state index >= 15 is 0 Å². The van der Waals surface area contributed by atoms with Gasteiger partial charge in [-0.2, -0.15) is 0 Å². The van der Waals surface area contributed by atoms with Crippen molar-refractivity contribution in [2.75, 3.05) is 0 Å². The second kappa shape index (κ2) is 3.85. The third kappa shape index (κ3) is 1.36. The number of hydrogen-bond donors (Lipinski definition) is 1. The molecule has 20 heavy (non-hydrogen) atoms. The Morgan fingerprint density at radius 1 is 1.05 bits per heavy atom. The highest BCUT2D eigenvalue weighted by Gasteiger charge is 2.60. The molecule has 0 aliphatic heterocycles. The van der Waals surface area contributed by atoms with Crippen LogP contribution in [0.5, 0.6) is 0 Å². The van der Waals surface area contributed by atoms with Crippen molar-refractivity contribution in [1.29, 1.82) is 0 Å². The summed E-state index contributed by atoms with van der Waals surface area (Å²) in [4.78, 5) is 4.66. The molecule has 6 rings (SSSR count). The normalized spacial score (nSPS) is 48.5. The number of pyridine rings is 1. The van der Waals surface area contributed by atoms with Gasteiger partial charge < -0.3 is 5.11 Å². The van der Waals surface area contributed by atoms with Crippen molar-refractivity contribution in [2.24, 2.45) is 23.7 Å². The van der Waals surface area contributed by atoms with E-state index in [1.54, 1.807) is 0 Å². The van der Waals surface area contributed by atoms with E-state index in [1.807, 2.05) is 12.3 Å². The average molecular weight is 269 g/mol. The molecule has 1 aromatic rings. The van der Waals surface area contributed by atoms with Crippen molar-refractivity contribution in [3.05, 3.63) is 29.6 Å². The highest BCUT2D eigenvalue weighted by atomic mass is 16.3. The van der Waals surface area contributed by atoms with Gasteiger partial charge in [-0.3, -0.25) is 4.98 Å². The summed E-state index contributed by atoms with van der Waals surface area (Å²) in [6, 6.07) is 4.25. The maximum Gasteiger partial charge on any atom is 0.0787 e. The molecule has 5 aliphatic rings. The Hall–Kier alpha value is -0.890. The number of aromatic nitrogens is 1. The molecule has 0 radical (unpaired) electrons. The van der Waals surface area contributed by atoms with Gasteiger partial charge in [-0.25, -0.2) is 0 Å². The first-order chi connectivity index (χ1) is 9.75. The second-order valence-corrected chi connectivity index (χ2v) is 7.83. The van der Waals surface area contributed by atoms with Gasteiger partial charge in [0.05, 0.1) is 5.60 Å². The van der Waals surface area contributed by atoms with Crippen LogP contribution in [-0.4, -0.2) is 15.7 Å². The lowest BCUT2D eigenvalue weighted by molar-refractivity contribution is -0.186. The van der Waals surface area contributed by atoms with Gasteiger partial charge in [-0.05, 0) is 80.2 Å². The molecule has 0 saturated heterocycles. The Balaban J connectivity index is 1.58. The molecule has 2 heteroatoms. The second-order valence-electron chi connectivity index (χ2n) is 7.83. The summed E-state index contributed by atoms with van der Waals surface area (Å²) in [5.74, 6) is 3.26. The monoisotopic (exact) mass is 269 g/mol. The van der Waals surface area contributed by atoms with E-state index in [2.05, 4.69) is 11.1 Å². The maximum absolute atomic E-state index is 11.7. The van der Waals surface area contributed by atoms with Crippen molar-refractivity contribution in [2.45, 2.75) is 56.5 Å². The van der Waals surface area contributed by atoms with Gasteiger partial charge in [0.15, 0.2) is 0 Å². The minimum absolute atomic E-state index is 0.314. The zero-order valence-electron chi connectivity index (χ0n) is 12.0. The molecular weight excluding hydrogens is 246 g/mol. The van der Waals surface area contributed by atoms with Crippen molar-refractivity contribution >= 4 is 0 Å². The Labute approximate surface area is 120 Å². The molecule has 0 aromatic carbocycles. The van der Waals surface area contributed by atoms with Crippen molar-refractivity contribution in [1.82, 2.24) is 4.98 Å². The largest absolute Gasteiger partial charge is 0.389 e. The topological polar surface area (TPSA) is 33.1 Å². The molecule has 2 nitrogen and oxygen atoms in total. The summed E-state index contributed by atoms with van der Waals surface area (Å²) in [6.45, 7) is 0. The van der Waals surface area contributed by atoms with Gasteiger partial charge >= 0.3 is 0 Å². The van der Waals surface area contributed by atoms with Crippen LogP contribution in [-0.2, 0) is 6.42 Å². The molecule has 1 atom stereocenters. The number of rotatable bonds is 1. The number of fused-ring (bicyclic) bond motifs is 1. The van der Waals surface area contributed by atoms with Gasteiger partial charge in [0, 0.05) is 17.8 Å². The summed E-state index contributed by atoms with van der Waals surface area (Å²) >= 11 is 0. The Morgan fingerprint density at radius 3 is 2.45 bits per heavy atom. The Kier molecular flexibility index (Phi) is 2.26. The van der Waals surface area contributed by atoms with Crippen LogP contribution in [0.15, 0.2) is 18.3 Å². The molecular formula is C18H23NO. The van der Waals surface area contributed by atoms with Crippen LogP contribution < -0.4 is 0 Å². The lowest BCUT2D eigenvalue weighted by Crippen LogP contribution is -2.60. The van der Waals surface area contributed by atoms with Crippen LogP contribution in [0.25, 0.3) is 0 Å². The predicted molar refractivity (Wildman–Crippen MR) is 77.3 cm³/mol. The number of hydrogen-bond acceptors (Lipinski definition) is 2. The van der Waals surface area contributed by atoms with Crippen LogP contribution in [0.3, 0.4) is 0 Å². The highest BCUT2D eigenvalue weighted by molar-refractivity contribution is 5.33. The van der Waals surface area contributed by atoms with E-state index < -0.39 is 5.60 Å². The zero-order valence-corrected chi connectivity index (χ0v) is 12.0. The van der Waals surface area contributed by atoms with E-state index in [0.717, 1.165) is 24.7 Å². The predicted octanol–water partition coefficient (Wildman–Crippen LogP) is 3.30. The quantitative estimate of drug-likeness (QED) is 0.848. The van der Waals surface area contributed by atoms with Gasteiger partial charge in [0.25, 0.3) is 0 Å². The van der Waals surface area contributed by atoms with Crippen LogP contribution >= 0.6 is 0 Å². The van der Waals surface area contributed by atoms with E-state index in [-0.39, 0.29) is 0 Å². The van der Waals surface area contributed by atoms with Gasteiger partial charge in [-0.15, -0.1) is 0 Å². The fourth-order valence-electron chi connectivity index (χ4n) is 6.37. The van der Waals surface area contributed by atoms with Crippen LogP contribution in [0.1, 0.15) is 55.7 Å². The summed E-state index contributed by atoms with van der Waals surface area (Å²) in [6.07, 6.45) is 10.7. The van der Waals surface area contributed by atoms with Crippen molar-refractivity contribution in [3.8, 4) is 0 Å². The first-order valence-corrected chi connectivity index (χ1v) is 8.41. The molecule has 1 unspecified atom stereocenters. The summed E-state index contributed by atoms with van der Waals surface area (Å²) in [5.41, 5.74) is 2.18. The Morgan fingerprint density at radius 2 is 1.75 bits per heavy atom. The third-order valence-electron chi connectivity index (χ3n) is 6.96. The highest BCUT2D eigenvalue weighted by Crippen LogP contribution is 2.63. The smallest absolute Gasteiger partial charge is 0.0787 e. The first kappa shape index (κ1) is 11.7. The summed E-state index contributed by atoms with van der Waals surface area (Å²) in [7, 11) is 0. The van der Waals surface area contributed by atoms with Crippen LogP contribution in [0, 0.1) is 23.7 Å². The first-order valence-electron chi connectivity index (χ1n) is 8.41. The molecule has 1 aromatic heterocycles. The van der Waals surface area contributed by atoms with E-state index in [4.69, 9.17) is 0 Å². The van der Waals surface area contributed by atoms with Gasteiger partial charge in [0.1, 0.15) is 0 Å². The van der Waals surface area contributed by atoms with E-state index in [1.165, 1.54) is 43.4 Å². The minimum atomic E-state index is -0.437.